The number of primary amides is 1. The minimum Gasteiger partial charge on any atom is -0.458 e. The van der Waals surface area contributed by atoms with E-state index >= 15 is 0 Å². The number of halogens is 3. The molecule has 2 aromatic carbocycles. The SMILES string of the molecule is C#C.C#C.CC.CC.CCCCc1ccccc1C.NC(=O)C(Cc1ccccc1)CC(O)CN1CCN(Cc2ccc(-c3ccccn3)o2)CC1.O=CNCC(F)(F)F. The van der Waals surface area contributed by atoms with Crippen LogP contribution in [-0.2, 0) is 29.0 Å². The van der Waals surface area contributed by atoms with E-state index in [9.17, 15) is 27.9 Å². The Labute approximate surface area is 358 Å². The monoisotopic (exact) mass is 836 g/mol. The van der Waals surface area contributed by atoms with E-state index in [0.29, 0.717) is 19.4 Å². The van der Waals surface area contributed by atoms with Gasteiger partial charge in [0.1, 0.15) is 18.0 Å². The number of β-amino-alcohol motifs (C(OH)–C–C–N with tert-alkyl or cyclic N) is 1. The van der Waals surface area contributed by atoms with Gasteiger partial charge in [0.2, 0.25) is 12.3 Å². The number of benzene rings is 2. The van der Waals surface area contributed by atoms with Gasteiger partial charge in [-0.1, -0.05) is 102 Å². The highest BCUT2D eigenvalue weighted by molar-refractivity contribution is 5.77. The lowest BCUT2D eigenvalue weighted by Gasteiger charge is -2.35. The number of carbonyl (C=O) groups is 2. The maximum atomic E-state index is 11.9. The number of aliphatic hydroxyl groups is 1. The van der Waals surface area contributed by atoms with Gasteiger partial charge in [-0.05, 0) is 73.6 Å². The molecule has 1 saturated heterocycles. The Bertz CT molecular complexity index is 1670. The molecule has 330 valence electrons. The highest BCUT2D eigenvalue weighted by Gasteiger charge is 2.26. The molecule has 0 aliphatic carbocycles. The molecule has 1 aliphatic heterocycles. The zero-order chi connectivity index (χ0) is 45.8. The molecule has 0 bridgehead atoms. The van der Waals surface area contributed by atoms with Crippen LogP contribution in [0.3, 0.4) is 0 Å². The number of terminal acetylenes is 2. The van der Waals surface area contributed by atoms with E-state index in [0.717, 1.165) is 55.5 Å². The molecule has 60 heavy (non-hydrogen) atoms. The minimum absolute atomic E-state index is 0.00743. The van der Waals surface area contributed by atoms with Crippen LogP contribution in [0.15, 0.2) is 95.5 Å². The molecular weight excluding hydrogens is 768 g/mol. The summed E-state index contributed by atoms with van der Waals surface area (Å²) < 4.78 is 39.0. The van der Waals surface area contributed by atoms with E-state index in [4.69, 9.17) is 10.2 Å². The number of alkyl halides is 3. The lowest BCUT2D eigenvalue weighted by atomic mass is 9.93. The van der Waals surface area contributed by atoms with Crippen LogP contribution in [0.5, 0.6) is 0 Å². The van der Waals surface area contributed by atoms with Crippen molar-refractivity contribution in [3.63, 3.8) is 0 Å². The number of nitrogens with zero attached hydrogens (tertiary/aromatic N) is 3. The van der Waals surface area contributed by atoms with E-state index in [1.54, 1.807) is 6.20 Å². The number of nitrogens with two attached hydrogens (primary N) is 1. The van der Waals surface area contributed by atoms with E-state index in [1.165, 1.54) is 35.7 Å². The summed E-state index contributed by atoms with van der Waals surface area (Å²) in [7, 11) is 0. The summed E-state index contributed by atoms with van der Waals surface area (Å²) in [6.45, 7) is 16.0. The van der Waals surface area contributed by atoms with Gasteiger partial charge in [-0.25, -0.2) is 0 Å². The average Bonchev–Trinajstić information content (AvgIpc) is 3.75. The third-order valence-corrected chi connectivity index (χ3v) is 8.62. The largest absolute Gasteiger partial charge is 0.458 e. The second-order valence-corrected chi connectivity index (χ2v) is 12.9. The Hall–Kier alpha value is -5.40. The van der Waals surface area contributed by atoms with Gasteiger partial charge >= 0.3 is 6.18 Å². The first-order valence-corrected chi connectivity index (χ1v) is 20.4. The van der Waals surface area contributed by atoms with Gasteiger partial charge in [0.15, 0.2) is 5.76 Å². The predicted molar refractivity (Wildman–Crippen MR) is 239 cm³/mol. The summed E-state index contributed by atoms with van der Waals surface area (Å²) in [4.78, 5) is 30.1. The number of pyridine rings is 1. The third-order valence-electron chi connectivity index (χ3n) is 8.62. The van der Waals surface area contributed by atoms with Crippen molar-refractivity contribution >= 4 is 12.3 Å². The summed E-state index contributed by atoms with van der Waals surface area (Å²) in [5.41, 5.74) is 10.5. The quantitative estimate of drug-likeness (QED) is 0.0809. The number of nitrogens with one attached hydrogen (secondary N) is 1. The normalized spacial score (nSPS) is 12.9. The summed E-state index contributed by atoms with van der Waals surface area (Å²) in [5, 5.41) is 12.1. The van der Waals surface area contributed by atoms with Crippen molar-refractivity contribution in [2.24, 2.45) is 11.7 Å². The number of unbranched alkanes of at least 4 members (excludes halogenated alkanes) is 1. The number of furan rings is 1. The summed E-state index contributed by atoms with van der Waals surface area (Å²) >= 11 is 0. The van der Waals surface area contributed by atoms with Crippen LogP contribution >= 0.6 is 0 Å². The molecule has 0 spiro atoms. The van der Waals surface area contributed by atoms with E-state index in [-0.39, 0.29) is 18.2 Å². The van der Waals surface area contributed by atoms with Crippen LogP contribution in [0.1, 0.15) is 76.3 Å². The van der Waals surface area contributed by atoms with Crippen molar-refractivity contribution in [2.75, 3.05) is 39.3 Å². The molecule has 1 fully saturated rings. The van der Waals surface area contributed by atoms with Crippen LogP contribution in [0.25, 0.3) is 11.5 Å². The van der Waals surface area contributed by atoms with Crippen LogP contribution < -0.4 is 11.1 Å². The number of piperazine rings is 1. The minimum atomic E-state index is -4.29. The maximum absolute atomic E-state index is 11.9. The molecule has 4 aromatic rings. The van der Waals surface area contributed by atoms with E-state index in [2.05, 4.69) is 78.6 Å². The van der Waals surface area contributed by atoms with Crippen molar-refractivity contribution in [3.8, 4) is 37.1 Å². The topological polar surface area (TPSA) is 125 Å². The molecule has 0 saturated carbocycles. The van der Waals surface area contributed by atoms with Gasteiger partial charge in [0.25, 0.3) is 0 Å². The molecule has 9 nitrogen and oxygen atoms in total. The number of rotatable bonds is 15. The number of amides is 2. The smallest absolute Gasteiger partial charge is 0.405 e. The number of aryl methyl sites for hydroxylation is 2. The Balaban J connectivity index is 0. The number of hydrogen-bond donors (Lipinski definition) is 3. The van der Waals surface area contributed by atoms with Crippen molar-refractivity contribution in [3.05, 3.63) is 114 Å². The molecule has 2 aromatic heterocycles. The Morgan fingerprint density at radius 2 is 1.48 bits per heavy atom. The zero-order valence-electron chi connectivity index (χ0n) is 36.4. The van der Waals surface area contributed by atoms with E-state index in [1.807, 2.05) is 88.4 Å². The lowest BCUT2D eigenvalue weighted by molar-refractivity contribution is -0.132. The molecule has 4 N–H and O–H groups in total. The van der Waals surface area contributed by atoms with E-state index < -0.39 is 18.8 Å². The molecule has 2 unspecified atom stereocenters. The number of hydrogen-bond acceptors (Lipinski definition) is 7. The zero-order valence-corrected chi connectivity index (χ0v) is 36.4. The fourth-order valence-corrected chi connectivity index (χ4v) is 5.77. The maximum Gasteiger partial charge on any atom is 0.405 e. The first-order chi connectivity index (χ1) is 29.0. The summed E-state index contributed by atoms with van der Waals surface area (Å²) in [5.74, 6) is 0.989. The number of aliphatic hydroxyl groups excluding tert-OH is 1. The Morgan fingerprint density at radius 1 is 0.900 bits per heavy atom. The Morgan fingerprint density at radius 3 is 2.00 bits per heavy atom. The number of aromatic nitrogens is 1. The first-order valence-electron chi connectivity index (χ1n) is 20.4. The molecule has 5 rings (SSSR count). The van der Waals surface area contributed by atoms with Crippen LogP contribution in [0, 0.1) is 38.5 Å². The summed E-state index contributed by atoms with van der Waals surface area (Å²) in [6.07, 6.45) is 17.7. The fourth-order valence-electron chi connectivity index (χ4n) is 5.77. The number of carbonyl (C=O) groups excluding carboxylic acids is 2. The fraction of sp³-hybridized carbons (Fsp3) is 0.438. The first kappa shape index (κ1) is 56.7. The van der Waals surface area contributed by atoms with Gasteiger partial charge in [-0.3, -0.25) is 24.4 Å². The van der Waals surface area contributed by atoms with Crippen LogP contribution in [0.4, 0.5) is 13.2 Å². The van der Waals surface area contributed by atoms with Crippen LogP contribution in [-0.4, -0.2) is 83.8 Å². The third kappa shape index (κ3) is 25.9. The molecule has 2 atom stereocenters. The molecule has 1 aliphatic rings. The standard InChI is InChI=1S/C26H32N4O3.C11H16.C3H4F3NO.2C2H6.2C2H2/c27-26(32)21(16-20-6-2-1-3-7-20)17-22(31)18-29-12-14-30(15-13-29)19-23-9-10-25(33-23)24-8-4-5-11-28-24;1-3-4-8-11-9-6-5-7-10(11)2;4-3(5,6)1-7-2-8;4*1-2/h1-11,21-22,31H,12-19H2,(H2,27,32);5-7,9H,3-4,8H2,1-2H3;2H,1H2,(H,7,8);2*1-2H3;2*1-2H. The van der Waals surface area contributed by atoms with Crippen molar-refractivity contribution in [2.45, 2.75) is 92.5 Å². The van der Waals surface area contributed by atoms with Gasteiger partial charge in [-0.2, -0.15) is 13.2 Å². The Kier molecular flexibility index (Phi) is 33.6. The average molecular weight is 836 g/mol. The van der Waals surface area contributed by atoms with Gasteiger partial charge in [0.05, 0.1) is 12.6 Å². The highest BCUT2D eigenvalue weighted by atomic mass is 19.4. The molecule has 2 amide bonds. The molecule has 0 radical (unpaired) electrons. The highest BCUT2D eigenvalue weighted by Crippen LogP contribution is 2.22. The lowest BCUT2D eigenvalue weighted by Crippen LogP contribution is -2.48. The van der Waals surface area contributed by atoms with Crippen molar-refractivity contribution < 1.29 is 32.3 Å². The second-order valence-electron chi connectivity index (χ2n) is 12.9. The van der Waals surface area contributed by atoms with Crippen LogP contribution in [0.2, 0.25) is 0 Å². The molecule has 3 heterocycles. The van der Waals surface area contributed by atoms with Gasteiger partial charge < -0.3 is 20.6 Å². The molecular formula is C48H68F3N5O4. The second kappa shape index (κ2) is 35.5. The predicted octanol–water partition coefficient (Wildman–Crippen LogP) is 8.74. The molecule has 12 heteroatoms. The van der Waals surface area contributed by atoms with Gasteiger partial charge in [0, 0.05) is 44.8 Å². The van der Waals surface area contributed by atoms with Crippen molar-refractivity contribution in [1.82, 2.24) is 20.1 Å². The van der Waals surface area contributed by atoms with Crippen molar-refractivity contribution in [1.29, 1.82) is 0 Å². The summed E-state index contributed by atoms with van der Waals surface area (Å²) in [6, 6.07) is 28.2. The van der Waals surface area contributed by atoms with Gasteiger partial charge in [-0.15, -0.1) is 25.7 Å².